The minimum absolute atomic E-state index is 0.284. The monoisotopic (exact) mass is 760 g/mol. The van der Waals surface area contributed by atoms with E-state index in [0.29, 0.717) is 57.8 Å². The van der Waals surface area contributed by atoms with Crippen LogP contribution in [0.1, 0.15) is 143 Å². The largest absolute Gasteiger partial charge is 0.456 e. The Balaban J connectivity index is 0.000000155. The highest BCUT2D eigenvalue weighted by atomic mass is 16.6. The zero-order valence-electron chi connectivity index (χ0n) is 34.3. The Kier molecular flexibility index (Phi) is 10.4. The molecule has 0 N–H and O–H groups in total. The van der Waals surface area contributed by atoms with Gasteiger partial charge in [-0.25, -0.2) is 19.2 Å². The highest BCUT2D eigenvalue weighted by molar-refractivity contribution is 5.88. The van der Waals surface area contributed by atoms with Crippen molar-refractivity contribution in [1.82, 2.24) is 0 Å². The summed E-state index contributed by atoms with van der Waals surface area (Å²) in [5, 5.41) is 0. The molecule has 8 nitrogen and oxygen atoms in total. The average molecular weight is 761 g/mol. The maximum absolute atomic E-state index is 12.8. The molecule has 11 fully saturated rings. The van der Waals surface area contributed by atoms with Crippen LogP contribution in [0.25, 0.3) is 0 Å². The van der Waals surface area contributed by atoms with E-state index in [4.69, 9.17) is 18.9 Å². The molecule has 0 aromatic carbocycles. The highest BCUT2D eigenvalue weighted by Crippen LogP contribution is 2.70. The number of carbonyl (C=O) groups excluding carboxylic acids is 4. The van der Waals surface area contributed by atoms with E-state index < -0.39 is 11.9 Å². The van der Waals surface area contributed by atoms with E-state index in [9.17, 15) is 19.2 Å². The van der Waals surface area contributed by atoms with Crippen molar-refractivity contribution in [2.24, 2.45) is 75.9 Å². The Labute approximate surface area is 329 Å². The molecule has 0 aromatic heterocycles. The number of esters is 4. The lowest BCUT2D eigenvalue weighted by Crippen LogP contribution is -2.66. The molecule has 0 heterocycles. The molecular formula is C47H68O8. The first kappa shape index (κ1) is 39.2. The third-order valence-electron chi connectivity index (χ3n) is 17.2. The number of fused-ring (bicyclic) bond motifs is 2. The number of hydrogen-bond acceptors (Lipinski definition) is 8. The van der Waals surface area contributed by atoms with Gasteiger partial charge in [0, 0.05) is 41.2 Å². The summed E-state index contributed by atoms with van der Waals surface area (Å²) in [6.45, 7) is 15.2. The number of ether oxygens (including phenoxy) is 4. The smallest absolute Gasteiger partial charge is 0.344 e. The van der Waals surface area contributed by atoms with Crippen LogP contribution in [0.4, 0.5) is 0 Å². The molecule has 55 heavy (non-hydrogen) atoms. The summed E-state index contributed by atoms with van der Waals surface area (Å²) in [7, 11) is 0. The van der Waals surface area contributed by atoms with Crippen LogP contribution in [-0.4, -0.2) is 48.3 Å². The van der Waals surface area contributed by atoms with Crippen molar-refractivity contribution in [3.8, 4) is 0 Å². The Morgan fingerprint density at radius 2 is 1.18 bits per heavy atom. The van der Waals surface area contributed by atoms with E-state index >= 15 is 0 Å². The zero-order chi connectivity index (χ0) is 38.9. The van der Waals surface area contributed by atoms with E-state index in [1.165, 1.54) is 103 Å². The van der Waals surface area contributed by atoms with Gasteiger partial charge in [0.15, 0.2) is 13.2 Å². The third kappa shape index (κ3) is 7.14. The molecule has 11 rings (SSSR count). The fourth-order valence-electron chi connectivity index (χ4n) is 16.1. The maximum atomic E-state index is 12.8. The van der Waals surface area contributed by atoms with E-state index in [-0.39, 0.29) is 36.4 Å². The zero-order valence-corrected chi connectivity index (χ0v) is 34.3. The summed E-state index contributed by atoms with van der Waals surface area (Å²) >= 11 is 0. The van der Waals surface area contributed by atoms with E-state index in [2.05, 4.69) is 33.9 Å². The van der Waals surface area contributed by atoms with Gasteiger partial charge in [0.25, 0.3) is 0 Å². The van der Waals surface area contributed by atoms with Crippen LogP contribution in [0.2, 0.25) is 0 Å². The van der Waals surface area contributed by atoms with Crippen LogP contribution >= 0.6 is 0 Å². The molecule has 10 bridgehead atoms. The molecule has 0 amide bonds. The van der Waals surface area contributed by atoms with Gasteiger partial charge in [0.05, 0.1) is 0 Å². The molecule has 0 spiro atoms. The van der Waals surface area contributed by atoms with Crippen LogP contribution in [0, 0.1) is 75.9 Å². The Morgan fingerprint density at radius 3 is 1.65 bits per heavy atom. The number of rotatable bonds is 10. The normalized spacial score (nSPS) is 46.7. The van der Waals surface area contributed by atoms with Crippen LogP contribution in [0.15, 0.2) is 24.8 Å². The van der Waals surface area contributed by atoms with Gasteiger partial charge >= 0.3 is 23.9 Å². The van der Waals surface area contributed by atoms with Crippen molar-refractivity contribution >= 4 is 23.9 Å². The van der Waals surface area contributed by atoms with Crippen molar-refractivity contribution < 1.29 is 38.1 Å². The van der Waals surface area contributed by atoms with E-state index in [1.807, 2.05) is 0 Å². The molecule has 0 aliphatic heterocycles. The summed E-state index contributed by atoms with van der Waals surface area (Å²) in [6, 6.07) is 0. The van der Waals surface area contributed by atoms with Crippen LogP contribution in [-0.2, 0) is 38.1 Å². The molecule has 304 valence electrons. The Morgan fingerprint density at radius 1 is 0.636 bits per heavy atom. The second-order valence-corrected chi connectivity index (χ2v) is 21.4. The maximum Gasteiger partial charge on any atom is 0.344 e. The van der Waals surface area contributed by atoms with E-state index in [0.717, 1.165) is 42.6 Å². The first-order valence-corrected chi connectivity index (χ1v) is 22.2. The second-order valence-electron chi connectivity index (χ2n) is 21.4. The van der Waals surface area contributed by atoms with Gasteiger partial charge in [-0.3, -0.25) is 0 Å². The van der Waals surface area contributed by atoms with Crippen LogP contribution < -0.4 is 0 Å². The first-order chi connectivity index (χ1) is 26.1. The standard InChI is InChI=1S/C24H36O4.C23H32O4/c1-15(2)22(26)27-14-21(25)28-24(18-7-5-6-16(3)8-18)19-9-17-10-20(24)13-23(4,11-17)12-19;1-3-20(24)26-13-21(25)27-23(19-9-14-4-5-16(19)6-14)17-7-15-8-18(23)12-22(2,10-15)11-17/h16-20H,1,5-14H2,2-4H3;3,14-19H,1,4-13H2,2H3. The van der Waals surface area contributed by atoms with Gasteiger partial charge in [-0.2, -0.15) is 0 Å². The van der Waals surface area contributed by atoms with Gasteiger partial charge in [-0.05, 0) is 150 Å². The third-order valence-corrected chi connectivity index (χ3v) is 17.2. The summed E-state index contributed by atoms with van der Waals surface area (Å²) in [6.07, 6.45) is 23.5. The summed E-state index contributed by atoms with van der Waals surface area (Å²) < 4.78 is 23.0. The second kappa shape index (κ2) is 14.6. The molecule has 11 aliphatic carbocycles. The minimum atomic E-state index is -0.557. The van der Waals surface area contributed by atoms with Crippen molar-refractivity contribution in [3.05, 3.63) is 24.8 Å². The Hall–Kier alpha value is -2.64. The molecule has 0 saturated heterocycles. The van der Waals surface area contributed by atoms with Crippen molar-refractivity contribution in [3.63, 3.8) is 0 Å². The summed E-state index contributed by atoms with van der Waals surface area (Å²) in [5.74, 6) is 4.99. The number of hydrogen-bond donors (Lipinski definition) is 0. The molecule has 8 heteroatoms. The molecule has 11 aliphatic rings. The fraction of sp³-hybridized carbons (Fsp3) is 0.830. The van der Waals surface area contributed by atoms with Crippen molar-refractivity contribution in [2.75, 3.05) is 13.2 Å². The van der Waals surface area contributed by atoms with Crippen LogP contribution in [0.5, 0.6) is 0 Å². The predicted octanol–water partition coefficient (Wildman–Crippen LogP) is 9.34. The molecule has 9 atom stereocenters. The topological polar surface area (TPSA) is 105 Å². The number of carbonyl (C=O) groups is 4. The first-order valence-electron chi connectivity index (χ1n) is 22.2. The molecule has 11 saturated carbocycles. The quantitative estimate of drug-likeness (QED) is 0.123. The molecular weight excluding hydrogens is 693 g/mol. The van der Waals surface area contributed by atoms with Gasteiger partial charge in [-0.15, -0.1) is 0 Å². The molecule has 0 aromatic rings. The van der Waals surface area contributed by atoms with Gasteiger partial charge < -0.3 is 18.9 Å². The highest BCUT2D eigenvalue weighted by Gasteiger charge is 2.68. The van der Waals surface area contributed by atoms with Gasteiger partial charge in [0.1, 0.15) is 11.2 Å². The lowest BCUT2D eigenvalue weighted by atomic mass is 9.42. The lowest BCUT2D eigenvalue weighted by molar-refractivity contribution is -0.249. The van der Waals surface area contributed by atoms with Crippen molar-refractivity contribution in [2.45, 2.75) is 154 Å². The summed E-state index contributed by atoms with van der Waals surface area (Å²) in [4.78, 5) is 48.7. The van der Waals surface area contributed by atoms with Gasteiger partial charge in [0.2, 0.25) is 0 Å². The minimum Gasteiger partial charge on any atom is -0.456 e. The Bertz CT molecular complexity index is 1520. The molecule has 0 radical (unpaired) electrons. The van der Waals surface area contributed by atoms with E-state index in [1.54, 1.807) is 6.92 Å². The van der Waals surface area contributed by atoms with Crippen LogP contribution in [0.3, 0.4) is 0 Å². The summed E-state index contributed by atoms with van der Waals surface area (Å²) in [5.41, 5.74) is 0.552. The fourth-order valence-corrected chi connectivity index (χ4v) is 16.1. The van der Waals surface area contributed by atoms with Crippen molar-refractivity contribution in [1.29, 1.82) is 0 Å². The SMILES string of the molecule is C=C(C)C(=O)OCC(=O)OC1(C2CCCC(C)C2)C2CC3CC1CC(C)(C3)C2.C=CC(=O)OCC(=O)OC1(C2CC3CCC2C3)C2CC3CC1CC(C)(C3)C2. The van der Waals surface area contributed by atoms with Gasteiger partial charge in [-0.1, -0.05) is 53.2 Å². The lowest BCUT2D eigenvalue weighted by Gasteiger charge is -2.66. The molecule has 9 unspecified atom stereocenters. The predicted molar refractivity (Wildman–Crippen MR) is 208 cm³/mol. The average Bonchev–Trinajstić information content (AvgIpc) is 3.76.